The van der Waals surface area contributed by atoms with E-state index in [4.69, 9.17) is 0 Å². The SMILES string of the molecule is Cn1cnc([N+](=O)[O-])c1C[N+](C)(C)C/C=C/C(=O)Nc1cc2c(Nc3ccc(Br)c(Br)c3)ncnc2cn1.[Br-]. The van der Waals surface area contributed by atoms with E-state index in [1.54, 1.807) is 30.0 Å². The van der Waals surface area contributed by atoms with Gasteiger partial charge in [-0.1, -0.05) is 0 Å². The van der Waals surface area contributed by atoms with Gasteiger partial charge in [-0.2, -0.15) is 0 Å². The van der Waals surface area contributed by atoms with Crippen LogP contribution in [0.5, 0.6) is 0 Å². The number of rotatable bonds is 9. The van der Waals surface area contributed by atoms with Crippen LogP contribution < -0.4 is 27.6 Å². The lowest BCUT2D eigenvalue weighted by Gasteiger charge is -2.27. The predicted octanol–water partition coefficient (Wildman–Crippen LogP) is 1.71. The number of aryl methyl sites for hydroxylation is 1. The van der Waals surface area contributed by atoms with E-state index in [0.29, 0.717) is 45.8 Å². The first-order chi connectivity index (χ1) is 18.0. The Labute approximate surface area is 251 Å². The van der Waals surface area contributed by atoms with Gasteiger partial charge in [-0.25, -0.2) is 15.0 Å². The Morgan fingerprint density at radius 2 is 1.92 bits per heavy atom. The molecule has 0 bridgehead atoms. The van der Waals surface area contributed by atoms with Crippen molar-refractivity contribution >= 4 is 71.8 Å². The number of amides is 1. The molecule has 3 aromatic heterocycles. The van der Waals surface area contributed by atoms with Crippen LogP contribution in [0.3, 0.4) is 0 Å². The Kier molecular flexibility index (Phi) is 9.88. The topological polar surface area (TPSA) is 141 Å². The molecule has 0 unspecified atom stereocenters. The first-order valence-electron chi connectivity index (χ1n) is 11.3. The van der Waals surface area contributed by atoms with Gasteiger partial charge in [0.1, 0.15) is 24.5 Å². The van der Waals surface area contributed by atoms with Crippen molar-refractivity contribution in [2.24, 2.45) is 7.05 Å². The quantitative estimate of drug-likeness (QED) is 0.115. The predicted molar refractivity (Wildman–Crippen MR) is 151 cm³/mol. The molecule has 3 heterocycles. The standard InChI is InChI=1S/C24H23Br2N9O3.BrH/c1-33-14-30-24(34(37)38)20(33)12-35(2,3)8-4-5-22(36)32-21-10-16-19(11-27-21)28-13-29-23(16)31-15-6-7-17(25)18(26)9-15;/h4-7,9-11,13-14H,8,12H2,1-3H3,(H-,27,28,29,31,32,36);1H/b5-4+;. The number of anilines is 3. The molecule has 0 aliphatic heterocycles. The molecule has 0 spiro atoms. The zero-order valence-electron chi connectivity index (χ0n) is 21.1. The molecule has 15 heteroatoms. The number of halogens is 3. The van der Waals surface area contributed by atoms with Gasteiger partial charge in [0.15, 0.2) is 5.69 Å². The molecule has 204 valence electrons. The number of carbonyl (C=O) groups is 1. The fourth-order valence-corrected chi connectivity index (χ4v) is 4.32. The number of fused-ring (bicyclic) bond motifs is 1. The summed E-state index contributed by atoms with van der Waals surface area (Å²) < 4.78 is 3.85. The molecule has 0 fully saturated rings. The Morgan fingerprint density at radius 1 is 1.15 bits per heavy atom. The summed E-state index contributed by atoms with van der Waals surface area (Å²) in [6.45, 7) is 0.835. The molecule has 0 aliphatic carbocycles. The molecule has 1 aromatic carbocycles. The third-order valence-corrected chi connectivity index (χ3v) is 7.49. The molecule has 1 amide bonds. The molecule has 4 rings (SSSR count). The van der Waals surface area contributed by atoms with Crippen molar-refractivity contribution < 1.29 is 31.2 Å². The fourth-order valence-electron chi connectivity index (χ4n) is 3.70. The van der Waals surface area contributed by atoms with E-state index in [-0.39, 0.29) is 28.7 Å². The van der Waals surface area contributed by atoms with Crippen molar-refractivity contribution in [1.82, 2.24) is 24.5 Å². The highest BCUT2D eigenvalue weighted by atomic mass is 79.9. The lowest BCUT2D eigenvalue weighted by Crippen LogP contribution is -3.00. The molecule has 0 saturated heterocycles. The molecule has 0 aliphatic rings. The molecule has 39 heavy (non-hydrogen) atoms. The highest BCUT2D eigenvalue weighted by Gasteiger charge is 2.26. The number of nitrogens with one attached hydrogen (secondary N) is 2. The number of hydrogen-bond donors (Lipinski definition) is 2. The average molecular weight is 726 g/mol. The first kappa shape index (κ1) is 30.3. The van der Waals surface area contributed by atoms with Crippen LogP contribution in [-0.4, -0.2) is 60.5 Å². The molecule has 0 radical (unpaired) electrons. The van der Waals surface area contributed by atoms with Crippen LogP contribution in [0.2, 0.25) is 0 Å². The molecular formula is C24H24Br3N9O3. The van der Waals surface area contributed by atoms with Crippen molar-refractivity contribution in [2.75, 3.05) is 31.3 Å². The smallest absolute Gasteiger partial charge is 0.390 e. The number of benzene rings is 1. The van der Waals surface area contributed by atoms with E-state index < -0.39 is 4.92 Å². The van der Waals surface area contributed by atoms with Gasteiger partial charge >= 0.3 is 5.82 Å². The van der Waals surface area contributed by atoms with E-state index in [2.05, 4.69) is 62.4 Å². The van der Waals surface area contributed by atoms with Crippen molar-refractivity contribution in [2.45, 2.75) is 6.54 Å². The van der Waals surface area contributed by atoms with Crippen LogP contribution >= 0.6 is 31.9 Å². The first-order valence-corrected chi connectivity index (χ1v) is 12.9. The summed E-state index contributed by atoms with van der Waals surface area (Å²) in [4.78, 5) is 40.1. The molecule has 0 atom stereocenters. The van der Waals surface area contributed by atoms with E-state index in [1.807, 2.05) is 32.3 Å². The minimum atomic E-state index is -0.487. The number of carbonyl (C=O) groups excluding carboxylic acids is 1. The van der Waals surface area contributed by atoms with Crippen molar-refractivity contribution in [3.05, 3.63) is 80.0 Å². The van der Waals surface area contributed by atoms with Crippen LogP contribution in [-0.2, 0) is 18.4 Å². The van der Waals surface area contributed by atoms with E-state index in [0.717, 1.165) is 14.6 Å². The van der Waals surface area contributed by atoms with E-state index in [9.17, 15) is 14.9 Å². The maximum absolute atomic E-state index is 12.6. The number of nitrogens with zero attached hydrogens (tertiary/aromatic N) is 7. The third-order valence-electron chi connectivity index (χ3n) is 5.61. The third kappa shape index (κ3) is 7.65. The van der Waals surface area contributed by atoms with Crippen LogP contribution in [0.4, 0.5) is 23.1 Å². The highest BCUT2D eigenvalue weighted by molar-refractivity contribution is 9.13. The lowest BCUT2D eigenvalue weighted by atomic mass is 10.2. The van der Waals surface area contributed by atoms with Gasteiger partial charge in [0.25, 0.3) is 0 Å². The molecule has 12 nitrogen and oxygen atoms in total. The zero-order valence-corrected chi connectivity index (χ0v) is 25.9. The fraction of sp³-hybridized carbons (Fsp3) is 0.208. The van der Waals surface area contributed by atoms with E-state index >= 15 is 0 Å². The van der Waals surface area contributed by atoms with Crippen molar-refractivity contribution in [3.8, 4) is 0 Å². The Morgan fingerprint density at radius 3 is 2.64 bits per heavy atom. The maximum Gasteiger partial charge on any atom is 0.390 e. The number of pyridine rings is 1. The summed E-state index contributed by atoms with van der Waals surface area (Å²) in [6, 6.07) is 7.44. The number of quaternary nitrogens is 1. The Balaban J connectivity index is 0.00000420. The van der Waals surface area contributed by atoms with E-state index in [1.165, 1.54) is 18.7 Å². The minimum Gasteiger partial charge on any atom is -1.00 e. The van der Waals surface area contributed by atoms with Gasteiger partial charge in [0.05, 0.1) is 32.4 Å². The second-order valence-corrected chi connectivity index (χ2v) is 10.8. The van der Waals surface area contributed by atoms with Gasteiger partial charge in [-0.3, -0.25) is 4.79 Å². The number of imidazole rings is 1. The molecular weight excluding hydrogens is 702 g/mol. The molecule has 0 saturated carbocycles. The second kappa shape index (κ2) is 12.7. The Bertz CT molecular complexity index is 1560. The Hall–Kier alpha value is -3.27. The van der Waals surface area contributed by atoms with Crippen molar-refractivity contribution in [3.63, 3.8) is 0 Å². The maximum atomic E-state index is 12.6. The summed E-state index contributed by atoms with van der Waals surface area (Å²) in [5, 5.41) is 18.0. The minimum absolute atomic E-state index is 0. The normalized spacial score (nSPS) is 11.4. The van der Waals surface area contributed by atoms with Crippen LogP contribution in [0, 0.1) is 10.1 Å². The summed E-state index contributed by atoms with van der Waals surface area (Å²) in [6.07, 6.45) is 7.59. The van der Waals surface area contributed by atoms with Gasteiger partial charge < -0.3 is 46.8 Å². The number of hydrogen-bond acceptors (Lipinski definition) is 8. The number of likely N-dealkylation sites (N-methyl/N-ethyl adjacent to an activating group) is 1. The van der Waals surface area contributed by atoms with Crippen LogP contribution in [0.15, 0.2) is 64.2 Å². The number of aromatic nitrogens is 5. The van der Waals surface area contributed by atoms with Crippen LogP contribution in [0.1, 0.15) is 5.69 Å². The zero-order chi connectivity index (χ0) is 27.4. The second-order valence-electron chi connectivity index (χ2n) is 9.11. The van der Waals surface area contributed by atoms with Gasteiger partial charge in [-0.15, -0.1) is 0 Å². The molecule has 2 N–H and O–H groups in total. The summed E-state index contributed by atoms with van der Waals surface area (Å²) in [5.74, 6) is 0.405. The number of nitro groups is 1. The van der Waals surface area contributed by atoms with Crippen molar-refractivity contribution in [1.29, 1.82) is 0 Å². The average Bonchev–Trinajstić information content (AvgIpc) is 3.21. The molecule has 4 aromatic rings. The summed E-state index contributed by atoms with van der Waals surface area (Å²) in [5.41, 5.74) is 1.96. The van der Waals surface area contributed by atoms with Gasteiger partial charge in [-0.05, 0) is 72.1 Å². The summed E-state index contributed by atoms with van der Waals surface area (Å²) in [7, 11) is 5.56. The monoisotopic (exact) mass is 723 g/mol. The van der Waals surface area contributed by atoms with Crippen LogP contribution in [0.25, 0.3) is 10.9 Å². The van der Waals surface area contributed by atoms with Gasteiger partial charge in [0, 0.05) is 33.1 Å². The summed E-state index contributed by atoms with van der Waals surface area (Å²) >= 11 is 6.95. The highest BCUT2D eigenvalue weighted by Crippen LogP contribution is 2.29. The largest absolute Gasteiger partial charge is 1.00 e. The lowest BCUT2D eigenvalue weighted by molar-refractivity contribution is -0.898. The van der Waals surface area contributed by atoms with Gasteiger partial charge in [0.2, 0.25) is 12.2 Å².